The van der Waals surface area contributed by atoms with Gasteiger partial charge in [-0.25, -0.2) is 8.78 Å². The molecule has 21 heavy (non-hydrogen) atoms. The van der Waals surface area contributed by atoms with Crippen LogP contribution in [0.4, 0.5) is 14.5 Å². The standard InChI is InChI=1S/C14H17F2N3O2/c1-4-14(3,20-5-2)13-18-12(21-19-13)8-6-9(15)10(16)7-11(8)17/h6-7H,4-5,17H2,1-3H3. The van der Waals surface area contributed by atoms with E-state index in [1.807, 2.05) is 20.8 Å². The van der Waals surface area contributed by atoms with Crippen LogP contribution in [0.25, 0.3) is 11.5 Å². The SMILES string of the molecule is CCOC(C)(CC)c1noc(-c2cc(F)c(F)cc2N)n1. The van der Waals surface area contributed by atoms with E-state index < -0.39 is 17.2 Å². The Morgan fingerprint density at radius 1 is 1.29 bits per heavy atom. The van der Waals surface area contributed by atoms with Gasteiger partial charge in [0.15, 0.2) is 11.6 Å². The highest BCUT2D eigenvalue weighted by Gasteiger charge is 2.31. The predicted octanol–water partition coefficient (Wildman–Crippen LogP) is 3.26. The van der Waals surface area contributed by atoms with E-state index in [-0.39, 0.29) is 17.1 Å². The van der Waals surface area contributed by atoms with Crippen molar-refractivity contribution in [2.45, 2.75) is 32.8 Å². The number of nitrogen functional groups attached to an aromatic ring is 1. The maximum atomic E-state index is 13.3. The highest BCUT2D eigenvalue weighted by atomic mass is 19.2. The van der Waals surface area contributed by atoms with Gasteiger partial charge in [0.25, 0.3) is 5.89 Å². The van der Waals surface area contributed by atoms with Crippen LogP contribution in [0.15, 0.2) is 16.7 Å². The Morgan fingerprint density at radius 3 is 2.57 bits per heavy atom. The molecule has 2 rings (SSSR count). The summed E-state index contributed by atoms with van der Waals surface area (Å²) in [5.74, 6) is -1.68. The van der Waals surface area contributed by atoms with Gasteiger partial charge in [0, 0.05) is 18.4 Å². The summed E-state index contributed by atoms with van der Waals surface area (Å²) >= 11 is 0. The van der Waals surface area contributed by atoms with E-state index in [1.165, 1.54) is 0 Å². The van der Waals surface area contributed by atoms with Crippen LogP contribution in [-0.4, -0.2) is 16.7 Å². The lowest BCUT2D eigenvalue weighted by Gasteiger charge is -2.23. The van der Waals surface area contributed by atoms with E-state index in [0.29, 0.717) is 18.9 Å². The molecule has 1 aromatic heterocycles. The first-order chi connectivity index (χ1) is 9.91. The highest BCUT2D eigenvalue weighted by Crippen LogP contribution is 2.31. The molecule has 0 amide bonds. The quantitative estimate of drug-likeness (QED) is 0.857. The molecule has 7 heteroatoms. The summed E-state index contributed by atoms with van der Waals surface area (Å²) in [6.45, 7) is 6.11. The van der Waals surface area contributed by atoms with Crippen molar-refractivity contribution >= 4 is 5.69 Å². The van der Waals surface area contributed by atoms with Gasteiger partial charge in [-0.1, -0.05) is 12.1 Å². The number of nitrogens with zero attached hydrogens (tertiary/aromatic N) is 2. The zero-order valence-corrected chi connectivity index (χ0v) is 12.1. The van der Waals surface area contributed by atoms with Crippen LogP contribution in [0.5, 0.6) is 0 Å². The number of nitrogens with two attached hydrogens (primary N) is 1. The Bertz CT molecular complexity index is 645. The van der Waals surface area contributed by atoms with Crippen LogP contribution in [0.2, 0.25) is 0 Å². The lowest BCUT2D eigenvalue weighted by molar-refractivity contribution is -0.0403. The molecule has 0 aliphatic heterocycles. The first kappa shape index (κ1) is 15.4. The Labute approximate surface area is 121 Å². The number of ether oxygens (including phenoxy) is 1. The number of hydrogen-bond donors (Lipinski definition) is 1. The minimum absolute atomic E-state index is 0.0266. The molecule has 1 unspecified atom stereocenters. The number of aromatic nitrogens is 2. The fourth-order valence-electron chi connectivity index (χ4n) is 1.94. The summed E-state index contributed by atoms with van der Waals surface area (Å²) in [5, 5.41) is 3.86. The molecule has 5 nitrogen and oxygen atoms in total. The van der Waals surface area contributed by atoms with Crippen LogP contribution < -0.4 is 5.73 Å². The number of benzene rings is 1. The minimum Gasteiger partial charge on any atom is -0.398 e. The van der Waals surface area contributed by atoms with Crippen molar-refractivity contribution in [1.29, 1.82) is 0 Å². The first-order valence-corrected chi connectivity index (χ1v) is 6.64. The molecule has 2 aromatic rings. The molecule has 0 saturated carbocycles. The summed E-state index contributed by atoms with van der Waals surface area (Å²) < 4.78 is 37.2. The van der Waals surface area contributed by atoms with Crippen molar-refractivity contribution in [2.75, 3.05) is 12.3 Å². The fraction of sp³-hybridized carbons (Fsp3) is 0.429. The number of rotatable bonds is 5. The monoisotopic (exact) mass is 297 g/mol. The van der Waals surface area contributed by atoms with Gasteiger partial charge in [0.05, 0.1) is 5.56 Å². The van der Waals surface area contributed by atoms with Crippen LogP contribution in [0, 0.1) is 11.6 Å². The molecule has 2 N–H and O–H groups in total. The molecule has 114 valence electrons. The molecule has 0 bridgehead atoms. The Morgan fingerprint density at radius 2 is 1.95 bits per heavy atom. The zero-order chi connectivity index (χ0) is 15.6. The first-order valence-electron chi connectivity index (χ1n) is 6.64. The van der Waals surface area contributed by atoms with Crippen molar-refractivity contribution < 1.29 is 18.0 Å². The Kier molecular flexibility index (Phi) is 4.22. The predicted molar refractivity (Wildman–Crippen MR) is 73.3 cm³/mol. The molecule has 0 spiro atoms. The second-order valence-electron chi connectivity index (χ2n) is 4.79. The third kappa shape index (κ3) is 2.87. The number of hydrogen-bond acceptors (Lipinski definition) is 5. The third-order valence-electron chi connectivity index (χ3n) is 3.36. The molecule has 0 fully saturated rings. The molecule has 1 heterocycles. The van der Waals surface area contributed by atoms with Gasteiger partial charge in [-0.15, -0.1) is 0 Å². The van der Waals surface area contributed by atoms with Crippen LogP contribution in [0.3, 0.4) is 0 Å². The molecule has 0 saturated heterocycles. The minimum atomic E-state index is -1.03. The van der Waals surface area contributed by atoms with Gasteiger partial charge >= 0.3 is 0 Å². The lowest BCUT2D eigenvalue weighted by atomic mass is 10.0. The van der Waals surface area contributed by atoms with E-state index >= 15 is 0 Å². The second kappa shape index (κ2) is 5.77. The summed E-state index contributed by atoms with van der Waals surface area (Å²) in [4.78, 5) is 4.20. The molecule has 0 aliphatic rings. The van der Waals surface area contributed by atoms with E-state index in [9.17, 15) is 8.78 Å². The zero-order valence-electron chi connectivity index (χ0n) is 12.1. The third-order valence-corrected chi connectivity index (χ3v) is 3.36. The van der Waals surface area contributed by atoms with Crippen molar-refractivity contribution in [3.05, 3.63) is 29.6 Å². The smallest absolute Gasteiger partial charge is 0.260 e. The Hall–Kier alpha value is -2.02. The second-order valence-corrected chi connectivity index (χ2v) is 4.79. The maximum absolute atomic E-state index is 13.3. The largest absolute Gasteiger partial charge is 0.398 e. The van der Waals surface area contributed by atoms with E-state index in [2.05, 4.69) is 10.1 Å². The number of anilines is 1. The van der Waals surface area contributed by atoms with Gasteiger partial charge in [-0.05, 0) is 26.3 Å². The molecule has 0 aliphatic carbocycles. The van der Waals surface area contributed by atoms with Crippen LogP contribution in [-0.2, 0) is 10.3 Å². The molecule has 1 atom stereocenters. The van der Waals surface area contributed by atoms with Gasteiger partial charge < -0.3 is 15.0 Å². The highest BCUT2D eigenvalue weighted by molar-refractivity contribution is 5.70. The maximum Gasteiger partial charge on any atom is 0.260 e. The van der Waals surface area contributed by atoms with Crippen molar-refractivity contribution in [1.82, 2.24) is 10.1 Å². The van der Waals surface area contributed by atoms with Crippen LogP contribution in [0.1, 0.15) is 33.0 Å². The molecule has 1 aromatic carbocycles. The number of halogens is 2. The van der Waals surface area contributed by atoms with Crippen molar-refractivity contribution in [3.8, 4) is 11.5 Å². The van der Waals surface area contributed by atoms with Crippen LogP contribution >= 0.6 is 0 Å². The van der Waals surface area contributed by atoms with Gasteiger partial charge in [0.1, 0.15) is 5.60 Å². The van der Waals surface area contributed by atoms with Gasteiger partial charge in [-0.2, -0.15) is 4.98 Å². The summed E-state index contributed by atoms with van der Waals surface area (Å²) in [6, 6.07) is 1.82. The Balaban J connectivity index is 2.43. The molecular weight excluding hydrogens is 280 g/mol. The normalized spacial score (nSPS) is 14.1. The van der Waals surface area contributed by atoms with E-state index in [4.69, 9.17) is 15.0 Å². The lowest BCUT2D eigenvalue weighted by Crippen LogP contribution is -2.26. The average Bonchev–Trinajstić information content (AvgIpc) is 2.93. The summed E-state index contributed by atoms with van der Waals surface area (Å²) in [6.07, 6.45) is 0.632. The topological polar surface area (TPSA) is 74.2 Å². The van der Waals surface area contributed by atoms with Gasteiger partial charge in [-0.3, -0.25) is 0 Å². The van der Waals surface area contributed by atoms with Crippen molar-refractivity contribution in [3.63, 3.8) is 0 Å². The fourth-order valence-corrected chi connectivity index (χ4v) is 1.94. The average molecular weight is 297 g/mol. The van der Waals surface area contributed by atoms with Gasteiger partial charge in [0.2, 0.25) is 5.82 Å². The molecular formula is C14H17F2N3O2. The van der Waals surface area contributed by atoms with E-state index in [1.54, 1.807) is 0 Å². The van der Waals surface area contributed by atoms with E-state index in [0.717, 1.165) is 12.1 Å². The summed E-state index contributed by atoms with van der Waals surface area (Å²) in [7, 11) is 0. The molecule has 0 radical (unpaired) electrons. The summed E-state index contributed by atoms with van der Waals surface area (Å²) in [5.41, 5.74) is 5.14. The van der Waals surface area contributed by atoms with Crippen molar-refractivity contribution in [2.24, 2.45) is 0 Å².